The lowest BCUT2D eigenvalue weighted by Crippen LogP contribution is -2.20. The van der Waals surface area contributed by atoms with Crippen LogP contribution in [0.5, 0.6) is 0 Å². The Morgan fingerprint density at radius 2 is 2.50 bits per heavy atom. The van der Waals surface area contributed by atoms with E-state index in [0.29, 0.717) is 0 Å². The van der Waals surface area contributed by atoms with Crippen molar-refractivity contribution in [3.05, 3.63) is 0 Å². The molecule has 1 fully saturated rings. The average Bonchev–Trinajstić information content (AvgIpc) is 2.14. The predicted molar refractivity (Wildman–Crippen MR) is 33.5 cm³/mol. The molecule has 1 aliphatic heterocycles. The summed E-state index contributed by atoms with van der Waals surface area (Å²) in [7, 11) is 2.01. The summed E-state index contributed by atoms with van der Waals surface area (Å²) in [5.41, 5.74) is 0. The fraction of sp³-hybridized carbons (Fsp3) is 0.800. The number of nitrogens with zero attached hydrogens (tertiary/aromatic N) is 2. The molecule has 0 amide bonds. The van der Waals surface area contributed by atoms with Crippen molar-refractivity contribution in [3.8, 4) is 0 Å². The predicted octanol–water partition coefficient (Wildman–Crippen LogP) is -0.0158. The highest BCUT2D eigenvalue weighted by molar-refractivity contribution is 5.83. The molecule has 0 unspecified atom stereocenters. The molecule has 1 saturated heterocycles. The van der Waals surface area contributed by atoms with Crippen LogP contribution in [0.2, 0.25) is 0 Å². The van der Waals surface area contributed by atoms with Crippen molar-refractivity contribution in [1.82, 2.24) is 4.90 Å². The molecule has 0 aromatic heterocycles. The van der Waals surface area contributed by atoms with Crippen LogP contribution in [0.4, 0.5) is 0 Å². The topological polar surface area (TPSA) is 41.6 Å². The summed E-state index contributed by atoms with van der Waals surface area (Å²) < 4.78 is 0. The number of hydrogen-bond donors (Lipinski definition) is 1. The molecule has 1 heterocycles. The summed E-state index contributed by atoms with van der Waals surface area (Å²) in [5, 5.41) is 3.61. The average molecular weight is 113 g/mol. The number of amidine groups is 1. The maximum Gasteiger partial charge on any atom is 0.124 e. The molecule has 0 aromatic carbocycles. The van der Waals surface area contributed by atoms with Crippen LogP contribution >= 0.6 is 0 Å². The number of nitrogens with two attached hydrogens (primary N) is 1. The van der Waals surface area contributed by atoms with Crippen LogP contribution in [-0.2, 0) is 0 Å². The second-order valence-electron chi connectivity index (χ2n) is 2.07. The van der Waals surface area contributed by atoms with Gasteiger partial charge in [-0.05, 0) is 6.42 Å². The molecule has 0 radical (unpaired) electrons. The van der Waals surface area contributed by atoms with E-state index in [4.69, 9.17) is 5.84 Å². The maximum absolute atomic E-state index is 5.07. The lowest BCUT2D eigenvalue weighted by Gasteiger charge is -2.08. The zero-order valence-electron chi connectivity index (χ0n) is 5.09. The second-order valence-corrected chi connectivity index (χ2v) is 2.07. The van der Waals surface area contributed by atoms with Gasteiger partial charge in [0.25, 0.3) is 0 Å². The number of likely N-dealkylation sites (tertiary alicyclic amines) is 1. The normalized spacial score (nSPS) is 25.1. The quantitative estimate of drug-likeness (QED) is 0.354. The molecule has 0 bridgehead atoms. The van der Waals surface area contributed by atoms with E-state index < -0.39 is 0 Å². The van der Waals surface area contributed by atoms with Crippen LogP contribution in [-0.4, -0.2) is 24.3 Å². The van der Waals surface area contributed by atoms with Gasteiger partial charge in [0.15, 0.2) is 0 Å². The molecule has 0 saturated carbocycles. The number of rotatable bonds is 0. The molecule has 2 N–H and O–H groups in total. The van der Waals surface area contributed by atoms with Gasteiger partial charge in [-0.15, -0.1) is 0 Å². The zero-order chi connectivity index (χ0) is 5.98. The van der Waals surface area contributed by atoms with Gasteiger partial charge in [0.2, 0.25) is 0 Å². The summed E-state index contributed by atoms with van der Waals surface area (Å²) in [6.45, 7) is 1.11. The summed E-state index contributed by atoms with van der Waals surface area (Å²) >= 11 is 0. The van der Waals surface area contributed by atoms with Crippen LogP contribution < -0.4 is 5.84 Å². The van der Waals surface area contributed by atoms with E-state index in [1.54, 1.807) is 0 Å². The first-order chi connectivity index (χ1) is 3.84. The van der Waals surface area contributed by atoms with E-state index in [-0.39, 0.29) is 0 Å². The Balaban J connectivity index is 2.55. The largest absolute Gasteiger partial charge is 0.362 e. The molecule has 0 spiro atoms. The molecular weight excluding hydrogens is 102 g/mol. The lowest BCUT2D eigenvalue weighted by molar-refractivity contribution is 0.548. The first-order valence-electron chi connectivity index (χ1n) is 2.82. The summed E-state index contributed by atoms with van der Waals surface area (Å²) in [6.07, 6.45) is 2.25. The SMILES string of the molecule is CN1CCC/C1=N\N. The molecule has 0 aliphatic carbocycles. The van der Waals surface area contributed by atoms with Crippen molar-refractivity contribution in [3.63, 3.8) is 0 Å². The van der Waals surface area contributed by atoms with Gasteiger partial charge >= 0.3 is 0 Å². The third-order valence-corrected chi connectivity index (χ3v) is 1.48. The van der Waals surface area contributed by atoms with Crippen molar-refractivity contribution in [1.29, 1.82) is 0 Å². The Morgan fingerprint density at radius 3 is 2.75 bits per heavy atom. The van der Waals surface area contributed by atoms with Crippen LogP contribution in [0, 0.1) is 0 Å². The van der Waals surface area contributed by atoms with Gasteiger partial charge in [0.05, 0.1) is 0 Å². The molecule has 0 aromatic rings. The lowest BCUT2D eigenvalue weighted by atomic mass is 10.4. The Labute approximate surface area is 49.2 Å². The van der Waals surface area contributed by atoms with E-state index in [1.807, 2.05) is 7.05 Å². The molecule has 1 rings (SSSR count). The Hall–Kier alpha value is -0.730. The van der Waals surface area contributed by atoms with E-state index in [9.17, 15) is 0 Å². The fourth-order valence-electron chi connectivity index (χ4n) is 0.957. The molecule has 3 heteroatoms. The highest BCUT2D eigenvalue weighted by Crippen LogP contribution is 2.06. The monoisotopic (exact) mass is 113 g/mol. The van der Waals surface area contributed by atoms with Gasteiger partial charge in [-0.3, -0.25) is 0 Å². The minimum absolute atomic E-state index is 1.03. The summed E-state index contributed by atoms with van der Waals surface area (Å²) in [4.78, 5) is 2.08. The molecule has 1 aliphatic rings. The fourth-order valence-corrected chi connectivity index (χ4v) is 0.957. The van der Waals surface area contributed by atoms with Gasteiger partial charge < -0.3 is 10.7 Å². The number of hydrazone groups is 1. The van der Waals surface area contributed by atoms with E-state index in [0.717, 1.165) is 18.8 Å². The Bertz CT molecular complexity index is 108. The van der Waals surface area contributed by atoms with E-state index in [2.05, 4.69) is 10.0 Å². The maximum atomic E-state index is 5.07. The standard InChI is InChI=1S/C5H11N3/c1-8-4-2-3-5(8)7-6/h2-4,6H2,1H3/b7-5+. The summed E-state index contributed by atoms with van der Waals surface area (Å²) in [6, 6.07) is 0. The van der Waals surface area contributed by atoms with Crippen LogP contribution in [0.3, 0.4) is 0 Å². The van der Waals surface area contributed by atoms with Crippen LogP contribution in [0.1, 0.15) is 12.8 Å². The van der Waals surface area contributed by atoms with E-state index >= 15 is 0 Å². The summed E-state index contributed by atoms with van der Waals surface area (Å²) in [5.74, 6) is 6.10. The van der Waals surface area contributed by atoms with Crippen molar-refractivity contribution < 1.29 is 0 Å². The van der Waals surface area contributed by atoms with Gasteiger partial charge in [0.1, 0.15) is 5.84 Å². The second kappa shape index (κ2) is 2.03. The molecule has 8 heavy (non-hydrogen) atoms. The van der Waals surface area contributed by atoms with E-state index in [1.165, 1.54) is 6.42 Å². The van der Waals surface area contributed by atoms with Gasteiger partial charge in [-0.25, -0.2) is 0 Å². The highest BCUT2D eigenvalue weighted by atomic mass is 15.3. The van der Waals surface area contributed by atoms with Crippen molar-refractivity contribution >= 4 is 5.84 Å². The van der Waals surface area contributed by atoms with Gasteiger partial charge in [0, 0.05) is 20.0 Å². The van der Waals surface area contributed by atoms with Gasteiger partial charge in [-0.2, -0.15) is 5.10 Å². The minimum Gasteiger partial charge on any atom is -0.362 e. The molecule has 0 atom stereocenters. The van der Waals surface area contributed by atoms with Crippen molar-refractivity contribution in [2.75, 3.05) is 13.6 Å². The third-order valence-electron chi connectivity index (χ3n) is 1.48. The third kappa shape index (κ3) is 0.757. The van der Waals surface area contributed by atoms with Crippen molar-refractivity contribution in [2.24, 2.45) is 10.9 Å². The molecule has 46 valence electrons. The minimum atomic E-state index is 1.03. The van der Waals surface area contributed by atoms with Gasteiger partial charge in [-0.1, -0.05) is 0 Å². The smallest absolute Gasteiger partial charge is 0.124 e. The van der Waals surface area contributed by atoms with Crippen LogP contribution in [0.25, 0.3) is 0 Å². The highest BCUT2D eigenvalue weighted by Gasteiger charge is 2.12. The van der Waals surface area contributed by atoms with Crippen LogP contribution in [0.15, 0.2) is 5.10 Å². The van der Waals surface area contributed by atoms with Crippen molar-refractivity contribution in [2.45, 2.75) is 12.8 Å². The molecule has 3 nitrogen and oxygen atoms in total. The first-order valence-corrected chi connectivity index (χ1v) is 2.82. The first kappa shape index (κ1) is 5.41. The zero-order valence-corrected chi connectivity index (χ0v) is 5.09. The Kier molecular flexibility index (Phi) is 1.37. The number of hydrogen-bond acceptors (Lipinski definition) is 2. The Morgan fingerprint density at radius 1 is 1.75 bits per heavy atom. The molecular formula is C5H11N3.